The van der Waals surface area contributed by atoms with Gasteiger partial charge in [0.25, 0.3) is 0 Å². The van der Waals surface area contributed by atoms with Crippen LogP contribution in [0.5, 0.6) is 0 Å². The molecule has 0 unspecified atom stereocenters. The Labute approximate surface area is 138 Å². The minimum Gasteiger partial charge on any atom is -0.311 e. The van der Waals surface area contributed by atoms with Crippen LogP contribution in [0.3, 0.4) is 0 Å². The highest BCUT2D eigenvalue weighted by atomic mass is 35.5. The van der Waals surface area contributed by atoms with Crippen LogP contribution in [0.1, 0.15) is 38.1 Å². The molecule has 8 heteroatoms. The van der Waals surface area contributed by atoms with Crippen molar-refractivity contribution < 1.29 is 19.2 Å². The van der Waals surface area contributed by atoms with E-state index in [9.17, 15) is 14.4 Å². The largest absolute Gasteiger partial charge is 0.365 e. The minimum absolute atomic E-state index is 0.136. The van der Waals surface area contributed by atoms with Crippen molar-refractivity contribution in [2.45, 2.75) is 38.9 Å². The van der Waals surface area contributed by atoms with Gasteiger partial charge in [-0.1, -0.05) is 16.8 Å². The van der Waals surface area contributed by atoms with Crippen LogP contribution in [0.2, 0.25) is 0 Å². The Hall–Kier alpha value is -1.83. The van der Waals surface area contributed by atoms with Gasteiger partial charge in [0.15, 0.2) is 5.17 Å². The van der Waals surface area contributed by atoms with E-state index in [1.807, 2.05) is 0 Å². The number of benzene rings is 1. The lowest BCUT2D eigenvalue weighted by Gasteiger charge is -2.33. The number of carbonyl (C=O) groups excluding carboxylic acids is 1. The second-order valence-electron chi connectivity index (χ2n) is 6.09. The molecule has 23 heavy (non-hydrogen) atoms. The third-order valence-electron chi connectivity index (χ3n) is 3.50. The van der Waals surface area contributed by atoms with E-state index in [0.717, 1.165) is 17.2 Å². The van der Waals surface area contributed by atoms with Crippen LogP contribution in [-0.2, 0) is 4.84 Å². The van der Waals surface area contributed by atoms with E-state index in [1.54, 1.807) is 27.7 Å². The number of rotatable bonds is 3. The number of carbonyl (C=O) groups is 1. The van der Waals surface area contributed by atoms with Crippen molar-refractivity contribution in [2.75, 3.05) is 0 Å². The maximum Gasteiger partial charge on any atom is 0.365 e. The maximum atomic E-state index is 12.8. The van der Waals surface area contributed by atoms with Gasteiger partial charge in [-0.25, -0.2) is 9.18 Å². The fraction of sp³-hybridized carbons (Fsp3) is 0.400. The third-order valence-corrected chi connectivity index (χ3v) is 3.74. The van der Waals surface area contributed by atoms with Crippen LogP contribution in [0.15, 0.2) is 34.4 Å². The first kappa shape index (κ1) is 17.5. The lowest BCUT2D eigenvalue weighted by atomic mass is 9.99. The molecule has 1 aromatic carbocycles. The van der Waals surface area contributed by atoms with Gasteiger partial charge in [-0.05, 0) is 52.0 Å². The predicted molar refractivity (Wildman–Crippen MR) is 84.3 cm³/mol. The van der Waals surface area contributed by atoms with Gasteiger partial charge in [-0.15, -0.1) is 0 Å². The van der Waals surface area contributed by atoms with Crippen molar-refractivity contribution in [1.29, 1.82) is 0 Å². The van der Waals surface area contributed by atoms with Crippen LogP contribution < -0.4 is 0 Å². The topological polar surface area (TPSA) is 74.5 Å². The second kappa shape index (κ2) is 5.99. The third kappa shape index (κ3) is 3.41. The van der Waals surface area contributed by atoms with Crippen LogP contribution in [0.4, 0.5) is 4.39 Å². The Morgan fingerprint density at radius 2 is 1.87 bits per heavy atom. The number of oxime groups is 1. The molecular formula is C15H17ClFN3O3. The highest BCUT2D eigenvalue weighted by Gasteiger charge is 2.48. The molecule has 0 fully saturated rings. The number of aliphatic imine (C=N–C) groups is 1. The van der Waals surface area contributed by atoms with E-state index >= 15 is 0 Å². The standard InChI is InChI=1S/C15H17ClFN3O3/c1-14(2)11(18-15(3,4)20(14)22)12(16)19-23-13(21)9-5-7-10(17)8-6-9/h5-8,22H,1-4H3. The zero-order chi connectivity index (χ0) is 17.4. The molecule has 124 valence electrons. The zero-order valence-electron chi connectivity index (χ0n) is 13.2. The molecule has 0 spiro atoms. The normalized spacial score (nSPS) is 20.3. The molecule has 1 N–H and O–H groups in total. The number of halogens is 2. The summed E-state index contributed by atoms with van der Waals surface area (Å²) in [4.78, 5) is 20.9. The van der Waals surface area contributed by atoms with E-state index in [4.69, 9.17) is 16.4 Å². The molecule has 1 aliphatic heterocycles. The summed E-state index contributed by atoms with van der Waals surface area (Å²) < 4.78 is 12.8. The van der Waals surface area contributed by atoms with Crippen LogP contribution in [-0.4, -0.2) is 38.3 Å². The summed E-state index contributed by atoms with van der Waals surface area (Å²) in [5.74, 6) is -1.24. The Kier molecular flexibility index (Phi) is 4.57. The highest BCUT2D eigenvalue weighted by molar-refractivity contribution is 6.84. The Morgan fingerprint density at radius 3 is 2.35 bits per heavy atom. The van der Waals surface area contributed by atoms with Crippen molar-refractivity contribution >= 4 is 28.5 Å². The molecule has 0 saturated carbocycles. The molecule has 0 aromatic heterocycles. The van der Waals surface area contributed by atoms with E-state index in [2.05, 4.69) is 10.1 Å². The van der Waals surface area contributed by atoms with E-state index in [-0.39, 0.29) is 10.7 Å². The number of hydroxylamine groups is 2. The molecule has 0 amide bonds. The van der Waals surface area contributed by atoms with Crippen molar-refractivity contribution in [3.63, 3.8) is 0 Å². The fourth-order valence-corrected chi connectivity index (χ4v) is 2.61. The average molecular weight is 342 g/mol. The molecule has 1 heterocycles. The van der Waals surface area contributed by atoms with Crippen molar-refractivity contribution in [1.82, 2.24) is 5.06 Å². The molecule has 1 aliphatic rings. The lowest BCUT2D eigenvalue weighted by molar-refractivity contribution is -0.187. The van der Waals surface area contributed by atoms with Crippen LogP contribution >= 0.6 is 11.6 Å². The molecule has 2 rings (SSSR count). The van der Waals surface area contributed by atoms with E-state index in [0.29, 0.717) is 5.71 Å². The van der Waals surface area contributed by atoms with Gasteiger partial charge in [0.1, 0.15) is 17.2 Å². The van der Waals surface area contributed by atoms with Gasteiger partial charge >= 0.3 is 5.97 Å². The summed E-state index contributed by atoms with van der Waals surface area (Å²) in [5, 5.41) is 14.6. The zero-order valence-corrected chi connectivity index (χ0v) is 13.9. The summed E-state index contributed by atoms with van der Waals surface area (Å²) in [6.45, 7) is 6.83. The molecule has 0 bridgehead atoms. The Bertz CT molecular complexity index is 684. The van der Waals surface area contributed by atoms with Gasteiger partial charge in [0.2, 0.25) is 0 Å². The van der Waals surface area contributed by atoms with Crippen LogP contribution in [0, 0.1) is 5.82 Å². The van der Waals surface area contributed by atoms with E-state index in [1.165, 1.54) is 12.1 Å². The van der Waals surface area contributed by atoms with Crippen molar-refractivity contribution in [2.24, 2.45) is 10.1 Å². The first-order chi connectivity index (χ1) is 10.6. The quantitative estimate of drug-likeness (QED) is 0.520. The van der Waals surface area contributed by atoms with Gasteiger partial charge < -0.3 is 10.0 Å². The SMILES string of the molecule is CC1(C)N=C(C(Cl)=NOC(=O)c2ccc(F)cc2)C(C)(C)N1O. The molecular weight excluding hydrogens is 325 g/mol. The van der Waals surface area contributed by atoms with Gasteiger partial charge in [-0.3, -0.25) is 4.99 Å². The predicted octanol–water partition coefficient (Wildman–Crippen LogP) is 3.20. The molecule has 0 aliphatic carbocycles. The van der Waals surface area contributed by atoms with Crippen molar-refractivity contribution in [3.05, 3.63) is 35.6 Å². The smallest absolute Gasteiger partial charge is 0.311 e. The summed E-state index contributed by atoms with van der Waals surface area (Å²) in [6.07, 6.45) is 0. The highest BCUT2D eigenvalue weighted by Crippen LogP contribution is 2.34. The summed E-state index contributed by atoms with van der Waals surface area (Å²) in [6, 6.07) is 4.82. The van der Waals surface area contributed by atoms with E-state index < -0.39 is 23.0 Å². The summed E-state index contributed by atoms with van der Waals surface area (Å²) in [5.41, 5.74) is -1.35. The minimum atomic E-state index is -0.896. The summed E-state index contributed by atoms with van der Waals surface area (Å²) in [7, 11) is 0. The van der Waals surface area contributed by atoms with Crippen molar-refractivity contribution in [3.8, 4) is 0 Å². The van der Waals surface area contributed by atoms with Gasteiger partial charge in [0.05, 0.1) is 11.1 Å². The number of hydrogen-bond acceptors (Lipinski definition) is 6. The second-order valence-corrected chi connectivity index (χ2v) is 6.45. The first-order valence-electron chi connectivity index (χ1n) is 6.86. The molecule has 6 nitrogen and oxygen atoms in total. The molecule has 1 aromatic rings. The number of nitrogens with zero attached hydrogens (tertiary/aromatic N) is 3. The maximum absolute atomic E-state index is 12.8. The van der Waals surface area contributed by atoms with Gasteiger partial charge in [-0.2, -0.15) is 5.06 Å². The Balaban J connectivity index is 2.17. The average Bonchev–Trinajstić information content (AvgIpc) is 2.65. The lowest BCUT2D eigenvalue weighted by Crippen LogP contribution is -2.51. The molecule has 0 atom stereocenters. The Morgan fingerprint density at radius 1 is 1.30 bits per heavy atom. The first-order valence-corrected chi connectivity index (χ1v) is 7.24. The summed E-state index contributed by atoms with van der Waals surface area (Å²) >= 11 is 6.07. The fourth-order valence-electron chi connectivity index (χ4n) is 2.30. The molecule has 0 saturated heterocycles. The van der Waals surface area contributed by atoms with Gasteiger partial charge in [0, 0.05) is 0 Å². The number of hydrogen-bond donors (Lipinski definition) is 1. The molecule has 0 radical (unpaired) electrons. The van der Waals surface area contributed by atoms with Crippen LogP contribution in [0.25, 0.3) is 0 Å². The monoisotopic (exact) mass is 341 g/mol.